The summed E-state index contributed by atoms with van der Waals surface area (Å²) in [6, 6.07) is 0. The van der Waals surface area contributed by atoms with Crippen LogP contribution in [0, 0.1) is 17.8 Å². The number of phosphoric acid groups is 1. The number of aliphatic hydroxyl groups is 4. The van der Waals surface area contributed by atoms with Crippen molar-refractivity contribution >= 4 is 25.5 Å². The molecule has 7 atom stereocenters. The van der Waals surface area contributed by atoms with E-state index in [0.717, 1.165) is 57.3 Å². The smallest absolute Gasteiger partial charge is 0.462 e. The number of ether oxygens (including phenoxy) is 2. The van der Waals surface area contributed by atoms with Crippen LogP contribution in [-0.2, 0) is 37.5 Å². The number of allylic oxidation sites excluding steroid dienone is 1. The summed E-state index contributed by atoms with van der Waals surface area (Å²) in [5.74, 6) is -0.954. The van der Waals surface area contributed by atoms with Crippen LogP contribution in [0.4, 0.5) is 0 Å². The Bertz CT molecular complexity index is 1080. The van der Waals surface area contributed by atoms with E-state index >= 15 is 0 Å². The summed E-state index contributed by atoms with van der Waals surface area (Å²) in [6.07, 6.45) is 16.8. The second kappa shape index (κ2) is 30.4. The number of hydrogen-bond donors (Lipinski definition) is 5. The van der Waals surface area contributed by atoms with Crippen molar-refractivity contribution in [3.8, 4) is 0 Å². The first-order chi connectivity index (χ1) is 25.8. The Morgan fingerprint density at radius 3 is 2.02 bits per heavy atom. The molecule has 1 rings (SSSR count). The van der Waals surface area contributed by atoms with Crippen molar-refractivity contribution in [2.45, 2.75) is 180 Å². The van der Waals surface area contributed by atoms with Gasteiger partial charge in [0.25, 0.3) is 0 Å². The predicted octanol–water partition coefficient (Wildman–Crippen LogP) is 6.89. The van der Waals surface area contributed by atoms with Crippen LogP contribution in [0.5, 0.6) is 0 Å². The van der Waals surface area contributed by atoms with E-state index < -0.39 is 76.5 Å². The van der Waals surface area contributed by atoms with Gasteiger partial charge in [-0.2, -0.15) is 0 Å². The lowest BCUT2D eigenvalue weighted by Crippen LogP contribution is -2.29. The van der Waals surface area contributed by atoms with Crippen LogP contribution in [0.1, 0.15) is 156 Å². The maximum absolute atomic E-state index is 12.6. The van der Waals surface area contributed by atoms with Crippen LogP contribution < -0.4 is 0 Å². The van der Waals surface area contributed by atoms with Crippen molar-refractivity contribution in [3.05, 3.63) is 12.2 Å². The molecular formula is C40H73O13P. The predicted molar refractivity (Wildman–Crippen MR) is 206 cm³/mol. The number of carbonyl (C=O) groups excluding carboxylic acids is 3. The number of unbranched alkanes of at least 4 members (excludes halogenated alkanes) is 12. The van der Waals surface area contributed by atoms with E-state index in [1.54, 1.807) is 12.2 Å². The van der Waals surface area contributed by atoms with Crippen LogP contribution in [0.15, 0.2) is 12.2 Å². The maximum Gasteiger partial charge on any atom is 0.472 e. The van der Waals surface area contributed by atoms with E-state index in [1.165, 1.54) is 32.1 Å². The third-order valence-electron chi connectivity index (χ3n) is 9.76. The van der Waals surface area contributed by atoms with Gasteiger partial charge in [0, 0.05) is 25.2 Å². The number of ketones is 1. The zero-order valence-electron chi connectivity index (χ0n) is 33.3. The molecule has 1 aliphatic rings. The first-order valence-corrected chi connectivity index (χ1v) is 22.1. The number of carbonyl (C=O) groups is 3. The third kappa shape index (κ3) is 25.5. The largest absolute Gasteiger partial charge is 0.472 e. The fourth-order valence-corrected chi connectivity index (χ4v) is 7.28. The first kappa shape index (κ1) is 50.3. The molecule has 0 amide bonds. The first-order valence-electron chi connectivity index (χ1n) is 20.6. The van der Waals surface area contributed by atoms with Crippen molar-refractivity contribution in [3.63, 3.8) is 0 Å². The highest BCUT2D eigenvalue weighted by Gasteiger charge is 2.39. The molecule has 0 aliphatic heterocycles. The average molecular weight is 793 g/mol. The van der Waals surface area contributed by atoms with Gasteiger partial charge >= 0.3 is 19.8 Å². The highest BCUT2D eigenvalue weighted by molar-refractivity contribution is 7.47. The minimum Gasteiger partial charge on any atom is -0.462 e. The van der Waals surface area contributed by atoms with Crippen molar-refractivity contribution < 1.29 is 62.8 Å². The summed E-state index contributed by atoms with van der Waals surface area (Å²) in [4.78, 5) is 47.6. The lowest BCUT2D eigenvalue weighted by Gasteiger charge is -2.20. The Kier molecular flexibility index (Phi) is 28.4. The summed E-state index contributed by atoms with van der Waals surface area (Å²) in [6.45, 7) is 4.25. The van der Waals surface area contributed by atoms with Gasteiger partial charge in [0.1, 0.15) is 18.5 Å². The van der Waals surface area contributed by atoms with E-state index in [0.29, 0.717) is 32.1 Å². The Balaban J connectivity index is 2.47. The minimum absolute atomic E-state index is 0.00922. The average Bonchev–Trinajstić information content (AvgIpc) is 3.40. The zero-order valence-corrected chi connectivity index (χ0v) is 34.2. The molecule has 1 fully saturated rings. The number of hydrogen-bond acceptors (Lipinski definition) is 12. The monoisotopic (exact) mass is 792 g/mol. The zero-order chi connectivity index (χ0) is 40.2. The molecule has 14 heteroatoms. The molecule has 0 aromatic heterocycles. The minimum atomic E-state index is -4.67. The van der Waals surface area contributed by atoms with E-state index in [2.05, 4.69) is 25.3 Å². The number of aliphatic hydroxyl groups excluding tert-OH is 4. The summed E-state index contributed by atoms with van der Waals surface area (Å²) >= 11 is 0. The fraction of sp³-hybridized carbons (Fsp3) is 0.875. The van der Waals surface area contributed by atoms with Gasteiger partial charge in [0.05, 0.1) is 32.0 Å². The second-order valence-corrected chi connectivity index (χ2v) is 16.7. The third-order valence-corrected chi connectivity index (χ3v) is 10.7. The number of phosphoric ester groups is 1. The standard InChI is InChI=1S/C40H73O13P/c1-4-5-14-20-32(42)24-25-36-35(37(44)26-38(36)45)21-16-12-13-17-22-39(46)50-29-34(30-52-54(48,49)51-28-33(43)27-41)53-40(47)23-18-11-9-7-6-8-10-15-19-31(2)3/h24-25,31-37,41-44H,4-23,26-30H2,1-3H3,(H,48,49)/b25-24+/t32-,33-,34+,35+,36+,37-/m0/s1. The summed E-state index contributed by atoms with van der Waals surface area (Å²) in [7, 11) is -4.67. The Morgan fingerprint density at radius 2 is 1.39 bits per heavy atom. The molecule has 54 heavy (non-hydrogen) atoms. The maximum atomic E-state index is 12.6. The molecule has 0 heterocycles. The van der Waals surface area contributed by atoms with Gasteiger partial charge in [0.15, 0.2) is 6.10 Å². The summed E-state index contributed by atoms with van der Waals surface area (Å²) in [5, 5.41) is 39.0. The highest BCUT2D eigenvalue weighted by atomic mass is 31.2. The van der Waals surface area contributed by atoms with Crippen molar-refractivity contribution in [2.24, 2.45) is 17.8 Å². The summed E-state index contributed by atoms with van der Waals surface area (Å²) < 4.78 is 32.6. The number of esters is 2. The lowest BCUT2D eigenvalue weighted by atomic mass is 9.88. The van der Waals surface area contributed by atoms with Gasteiger partial charge in [-0.25, -0.2) is 4.57 Å². The fourth-order valence-electron chi connectivity index (χ4n) is 6.49. The van der Waals surface area contributed by atoms with Gasteiger partial charge in [-0.1, -0.05) is 123 Å². The van der Waals surface area contributed by atoms with Crippen LogP contribution in [0.25, 0.3) is 0 Å². The van der Waals surface area contributed by atoms with Crippen LogP contribution in [-0.4, -0.2) is 93.9 Å². The molecule has 316 valence electrons. The van der Waals surface area contributed by atoms with Crippen molar-refractivity contribution in [1.29, 1.82) is 0 Å². The van der Waals surface area contributed by atoms with Gasteiger partial charge < -0.3 is 34.8 Å². The van der Waals surface area contributed by atoms with E-state index in [9.17, 15) is 39.2 Å². The number of Topliss-reactive ketones (excluding diaryl/α,β-unsaturated/α-hetero) is 1. The molecule has 1 aliphatic carbocycles. The van der Waals surface area contributed by atoms with Crippen LogP contribution in [0.2, 0.25) is 0 Å². The van der Waals surface area contributed by atoms with Crippen molar-refractivity contribution in [2.75, 3.05) is 26.4 Å². The molecule has 0 aromatic rings. The van der Waals surface area contributed by atoms with Gasteiger partial charge in [-0.3, -0.25) is 23.4 Å². The molecule has 1 unspecified atom stereocenters. The normalized spacial score (nSPS) is 20.3. The molecule has 0 saturated heterocycles. The summed E-state index contributed by atoms with van der Waals surface area (Å²) in [5.41, 5.74) is 0. The van der Waals surface area contributed by atoms with E-state index in [4.69, 9.17) is 19.1 Å². The van der Waals surface area contributed by atoms with E-state index in [1.807, 2.05) is 0 Å². The van der Waals surface area contributed by atoms with Crippen LogP contribution in [0.3, 0.4) is 0 Å². The molecular weight excluding hydrogens is 719 g/mol. The second-order valence-electron chi connectivity index (χ2n) is 15.3. The lowest BCUT2D eigenvalue weighted by molar-refractivity contribution is -0.161. The molecule has 13 nitrogen and oxygen atoms in total. The Hall–Kier alpha value is -1.70. The molecule has 0 radical (unpaired) electrons. The Labute approximate surface area is 324 Å². The molecule has 0 aromatic carbocycles. The molecule has 5 N–H and O–H groups in total. The quantitative estimate of drug-likeness (QED) is 0.0195. The topological polar surface area (TPSA) is 206 Å². The molecule has 1 saturated carbocycles. The SMILES string of the molecule is CCCCC[C@H](O)/C=C/[C@H]1C(=O)C[C@H](O)[C@@H]1CCCCCCC(=O)OC[C@H](COP(=O)(O)OC[C@@H](O)CO)OC(=O)CCCCCCCCCCC(C)C. The van der Waals surface area contributed by atoms with E-state index in [-0.39, 0.29) is 31.0 Å². The number of rotatable bonds is 34. The highest BCUT2D eigenvalue weighted by Crippen LogP contribution is 2.43. The molecule has 0 bridgehead atoms. The van der Waals surface area contributed by atoms with Gasteiger partial charge in [-0.05, 0) is 37.5 Å². The molecule has 0 spiro atoms. The van der Waals surface area contributed by atoms with Gasteiger partial charge in [-0.15, -0.1) is 0 Å². The van der Waals surface area contributed by atoms with Gasteiger partial charge in [0.2, 0.25) is 0 Å². The Morgan fingerprint density at radius 1 is 0.815 bits per heavy atom. The van der Waals surface area contributed by atoms with Crippen LogP contribution >= 0.6 is 7.82 Å². The van der Waals surface area contributed by atoms with Crippen molar-refractivity contribution in [1.82, 2.24) is 0 Å².